The number of ether oxygens (including phenoxy) is 1. The lowest BCUT2D eigenvalue weighted by Crippen LogP contribution is -2.09. The molecule has 0 radical (unpaired) electrons. The van der Waals surface area contributed by atoms with E-state index in [0.717, 1.165) is 23.8 Å². The number of alkyl halides is 3. The molecule has 0 unspecified atom stereocenters. The monoisotopic (exact) mass is 478 g/mol. The predicted octanol–water partition coefficient (Wildman–Crippen LogP) is 5.76. The summed E-state index contributed by atoms with van der Waals surface area (Å²) in [6, 6.07) is 16.6. The van der Waals surface area contributed by atoms with Crippen molar-refractivity contribution in [3.8, 4) is 34.0 Å². The van der Waals surface area contributed by atoms with Gasteiger partial charge in [0.15, 0.2) is 11.4 Å². The van der Waals surface area contributed by atoms with E-state index in [-0.39, 0.29) is 17.0 Å². The van der Waals surface area contributed by atoms with Gasteiger partial charge in [-0.15, -0.1) is 10.2 Å². The first-order valence-corrected chi connectivity index (χ1v) is 10.4. The summed E-state index contributed by atoms with van der Waals surface area (Å²) in [5, 5.41) is 8.12. The minimum absolute atomic E-state index is 0.00879. The van der Waals surface area contributed by atoms with Crippen molar-refractivity contribution in [2.75, 3.05) is 7.11 Å². The lowest BCUT2D eigenvalue weighted by atomic mass is 9.97. The second-order valence-corrected chi connectivity index (χ2v) is 7.77. The maximum Gasteiger partial charge on any atom is 0.420 e. The number of halogens is 3. The Morgan fingerprint density at radius 3 is 2.43 bits per heavy atom. The number of hydrogen-bond acceptors (Lipinski definition) is 6. The van der Waals surface area contributed by atoms with Gasteiger partial charge >= 0.3 is 12.1 Å². The molecule has 2 aromatic heterocycles. The second kappa shape index (κ2) is 8.39. The van der Waals surface area contributed by atoms with Crippen LogP contribution >= 0.6 is 0 Å². The number of aromatic nitrogens is 4. The Balaban J connectivity index is 1.64. The molecule has 0 spiro atoms. The SMILES string of the molecule is COC(=O)c1cc(C(F)(F)F)c2oc(-c3cccc(-c4ccccc4-c4nncn4C)c3)nc2c1. The molecule has 10 heteroatoms. The van der Waals surface area contributed by atoms with Gasteiger partial charge in [-0.05, 0) is 35.4 Å². The fourth-order valence-corrected chi connectivity index (χ4v) is 3.88. The molecule has 0 fully saturated rings. The third-order valence-corrected chi connectivity index (χ3v) is 5.52. The number of carbonyl (C=O) groups is 1. The highest BCUT2D eigenvalue weighted by molar-refractivity contribution is 5.95. The smallest absolute Gasteiger partial charge is 0.420 e. The van der Waals surface area contributed by atoms with Crippen LogP contribution in [0.2, 0.25) is 0 Å². The van der Waals surface area contributed by atoms with E-state index in [4.69, 9.17) is 4.42 Å². The number of methoxy groups -OCH3 is 1. The maximum atomic E-state index is 13.7. The van der Waals surface area contributed by atoms with Crippen LogP contribution < -0.4 is 0 Å². The number of rotatable bonds is 4. The van der Waals surface area contributed by atoms with E-state index in [2.05, 4.69) is 19.9 Å². The Kier molecular flexibility index (Phi) is 5.35. The molecule has 3 aromatic carbocycles. The molecule has 0 amide bonds. The zero-order valence-electron chi connectivity index (χ0n) is 18.5. The number of hydrogen-bond donors (Lipinski definition) is 0. The Bertz CT molecular complexity index is 1570. The summed E-state index contributed by atoms with van der Waals surface area (Å²) in [5.74, 6) is -0.243. The van der Waals surface area contributed by atoms with Crippen LogP contribution in [0.15, 0.2) is 71.4 Å². The van der Waals surface area contributed by atoms with Gasteiger partial charge in [-0.1, -0.05) is 36.4 Å². The summed E-state index contributed by atoms with van der Waals surface area (Å²) in [5.41, 5.74) is 1.03. The molecule has 5 aromatic rings. The fourth-order valence-electron chi connectivity index (χ4n) is 3.88. The number of oxazole rings is 1. The largest absolute Gasteiger partial charge is 0.465 e. The Morgan fingerprint density at radius 2 is 1.74 bits per heavy atom. The molecular weight excluding hydrogens is 461 g/mol. The highest BCUT2D eigenvalue weighted by Gasteiger charge is 2.36. The van der Waals surface area contributed by atoms with E-state index in [1.54, 1.807) is 29.1 Å². The summed E-state index contributed by atoms with van der Waals surface area (Å²) in [6.45, 7) is 0. The van der Waals surface area contributed by atoms with Crippen molar-refractivity contribution in [3.05, 3.63) is 78.1 Å². The van der Waals surface area contributed by atoms with Gasteiger partial charge in [0.25, 0.3) is 0 Å². The van der Waals surface area contributed by atoms with Crippen molar-refractivity contribution in [2.24, 2.45) is 7.05 Å². The first-order valence-electron chi connectivity index (χ1n) is 10.4. The molecule has 0 bridgehead atoms. The van der Waals surface area contributed by atoms with Gasteiger partial charge in [-0.2, -0.15) is 13.2 Å². The van der Waals surface area contributed by atoms with Crippen molar-refractivity contribution >= 4 is 17.1 Å². The van der Waals surface area contributed by atoms with E-state index in [0.29, 0.717) is 17.5 Å². The van der Waals surface area contributed by atoms with Crippen LogP contribution in [0, 0.1) is 0 Å². The third kappa shape index (κ3) is 4.03. The van der Waals surface area contributed by atoms with Crippen molar-refractivity contribution < 1.29 is 27.1 Å². The number of fused-ring (bicyclic) bond motifs is 1. The minimum atomic E-state index is -4.75. The van der Waals surface area contributed by atoms with E-state index >= 15 is 0 Å². The van der Waals surface area contributed by atoms with Crippen LogP contribution in [0.4, 0.5) is 13.2 Å². The van der Waals surface area contributed by atoms with E-state index in [1.807, 2.05) is 37.4 Å². The molecule has 0 aliphatic heterocycles. The number of carbonyl (C=O) groups excluding carboxylic acids is 1. The summed E-state index contributed by atoms with van der Waals surface area (Å²) < 4.78 is 53.1. The zero-order valence-corrected chi connectivity index (χ0v) is 18.5. The molecule has 0 atom stereocenters. The Hall–Kier alpha value is -4.47. The molecular formula is C25H17F3N4O3. The van der Waals surface area contributed by atoms with Gasteiger partial charge in [0.05, 0.1) is 12.7 Å². The topological polar surface area (TPSA) is 83.0 Å². The van der Waals surface area contributed by atoms with E-state index in [1.165, 1.54) is 6.07 Å². The molecule has 0 saturated carbocycles. The Morgan fingerprint density at radius 1 is 1.00 bits per heavy atom. The molecule has 0 N–H and O–H groups in total. The summed E-state index contributed by atoms with van der Waals surface area (Å²) in [4.78, 5) is 16.2. The van der Waals surface area contributed by atoms with Crippen molar-refractivity contribution in [3.63, 3.8) is 0 Å². The quantitative estimate of drug-likeness (QED) is 0.305. The summed E-state index contributed by atoms with van der Waals surface area (Å²) in [6.07, 6.45) is -3.16. The Labute approximate surface area is 196 Å². The van der Waals surface area contributed by atoms with Crippen LogP contribution in [0.25, 0.3) is 45.1 Å². The first kappa shape index (κ1) is 22.3. The fraction of sp³-hybridized carbons (Fsp3) is 0.120. The third-order valence-electron chi connectivity index (χ3n) is 5.52. The first-order chi connectivity index (χ1) is 16.8. The van der Waals surface area contributed by atoms with Crippen LogP contribution in [-0.2, 0) is 18.0 Å². The summed E-state index contributed by atoms with van der Waals surface area (Å²) >= 11 is 0. The average molecular weight is 478 g/mol. The molecule has 2 heterocycles. The molecule has 35 heavy (non-hydrogen) atoms. The van der Waals surface area contributed by atoms with Crippen LogP contribution in [0.1, 0.15) is 15.9 Å². The average Bonchev–Trinajstić information content (AvgIpc) is 3.48. The highest BCUT2D eigenvalue weighted by Crippen LogP contribution is 2.39. The summed E-state index contributed by atoms with van der Waals surface area (Å²) in [7, 11) is 2.93. The van der Waals surface area contributed by atoms with Crippen molar-refractivity contribution in [1.82, 2.24) is 19.7 Å². The molecule has 7 nitrogen and oxygen atoms in total. The lowest BCUT2D eigenvalue weighted by Gasteiger charge is -2.10. The predicted molar refractivity (Wildman–Crippen MR) is 121 cm³/mol. The number of aryl methyl sites for hydroxylation is 1. The van der Waals surface area contributed by atoms with Crippen molar-refractivity contribution in [1.29, 1.82) is 0 Å². The molecule has 5 rings (SSSR count). The second-order valence-electron chi connectivity index (χ2n) is 7.77. The number of benzene rings is 3. The van der Waals surface area contributed by atoms with Crippen LogP contribution in [0.3, 0.4) is 0 Å². The lowest BCUT2D eigenvalue weighted by molar-refractivity contribution is -0.136. The highest BCUT2D eigenvalue weighted by atomic mass is 19.4. The number of esters is 1. The minimum Gasteiger partial charge on any atom is -0.465 e. The molecule has 0 aliphatic carbocycles. The van der Waals surface area contributed by atoms with Gasteiger partial charge in [-0.25, -0.2) is 9.78 Å². The normalized spacial score (nSPS) is 11.7. The molecule has 176 valence electrons. The zero-order chi connectivity index (χ0) is 24.7. The van der Waals surface area contributed by atoms with Gasteiger partial charge < -0.3 is 13.7 Å². The molecule has 0 aliphatic rings. The van der Waals surface area contributed by atoms with Gasteiger partial charge in [-0.3, -0.25) is 0 Å². The van der Waals surface area contributed by atoms with E-state index < -0.39 is 23.3 Å². The van der Waals surface area contributed by atoms with Gasteiger partial charge in [0.1, 0.15) is 17.4 Å². The van der Waals surface area contributed by atoms with Crippen LogP contribution in [0.5, 0.6) is 0 Å². The standard InChI is InChI=1S/C25H17F3N4O3/c1-32-13-29-31-22(32)18-9-4-3-8-17(18)14-6-5-7-15(10-14)23-30-20-12-16(24(33)34-2)11-19(21(20)35-23)25(26,27)28/h3-13H,1-2H3. The van der Waals surface area contributed by atoms with Crippen molar-refractivity contribution in [2.45, 2.75) is 6.18 Å². The van der Waals surface area contributed by atoms with Crippen LogP contribution in [-0.4, -0.2) is 32.8 Å². The number of nitrogens with zero attached hydrogens (tertiary/aromatic N) is 4. The molecule has 0 saturated heterocycles. The maximum absolute atomic E-state index is 13.7. The van der Waals surface area contributed by atoms with E-state index in [9.17, 15) is 18.0 Å². The van der Waals surface area contributed by atoms with Gasteiger partial charge in [0, 0.05) is 18.2 Å². The van der Waals surface area contributed by atoms with Gasteiger partial charge in [0.2, 0.25) is 5.89 Å².